The van der Waals surface area contributed by atoms with Gasteiger partial charge in [0.15, 0.2) is 0 Å². The second-order valence-electron chi connectivity index (χ2n) is 6.16. The molecule has 0 atom stereocenters. The van der Waals surface area contributed by atoms with Crippen molar-refractivity contribution in [3.05, 3.63) is 34.1 Å². The lowest BCUT2D eigenvalue weighted by Crippen LogP contribution is -2.59. The van der Waals surface area contributed by atoms with Gasteiger partial charge in [-0.15, -0.1) is 0 Å². The fourth-order valence-corrected chi connectivity index (χ4v) is 3.42. The number of methoxy groups -OCH3 is 1. The summed E-state index contributed by atoms with van der Waals surface area (Å²) in [5, 5.41) is 13.6. The zero-order chi connectivity index (χ0) is 18.6. The molecule has 1 saturated heterocycles. The molecule has 2 rings (SSSR count). The predicted octanol–water partition coefficient (Wildman–Crippen LogP) is 2.59. The third-order valence-electron chi connectivity index (χ3n) is 4.82. The van der Waals surface area contributed by atoms with E-state index in [-0.39, 0.29) is 13.0 Å². The summed E-state index contributed by atoms with van der Waals surface area (Å²) in [6.45, 7) is 2.80. The van der Waals surface area contributed by atoms with E-state index in [1.54, 1.807) is 25.2 Å². The number of benzene rings is 1. The Kier molecular flexibility index (Phi) is 6.76. The molecule has 1 heterocycles. The topological polar surface area (TPSA) is 62.2 Å². The van der Waals surface area contributed by atoms with E-state index in [4.69, 9.17) is 21.2 Å². The van der Waals surface area contributed by atoms with Gasteiger partial charge in [-0.25, -0.2) is 9.18 Å². The van der Waals surface area contributed by atoms with Crippen LogP contribution in [-0.2, 0) is 20.8 Å². The first kappa shape index (κ1) is 20.1. The van der Waals surface area contributed by atoms with E-state index in [1.165, 1.54) is 13.2 Å². The third kappa shape index (κ3) is 4.12. The molecule has 1 aliphatic rings. The number of hydrogen-bond donors (Lipinski definition) is 1. The van der Waals surface area contributed by atoms with Gasteiger partial charge in [0.25, 0.3) is 0 Å². The molecule has 6 nitrogen and oxygen atoms in total. The minimum absolute atomic E-state index is 0.0577. The molecule has 0 amide bonds. The van der Waals surface area contributed by atoms with E-state index >= 15 is 0 Å². The SMILES string of the molecule is COC(=O)C1(N(O)CCc2c(F)ccc(C)c2Cl)CCN(OC)CC1. The van der Waals surface area contributed by atoms with E-state index in [0.29, 0.717) is 36.5 Å². The van der Waals surface area contributed by atoms with Gasteiger partial charge in [-0.05, 0) is 37.8 Å². The summed E-state index contributed by atoms with van der Waals surface area (Å²) in [6, 6.07) is 2.96. The van der Waals surface area contributed by atoms with Crippen LogP contribution in [0.15, 0.2) is 12.1 Å². The van der Waals surface area contributed by atoms with Crippen LogP contribution in [0.4, 0.5) is 4.39 Å². The average molecular weight is 375 g/mol. The second kappa shape index (κ2) is 8.42. The van der Waals surface area contributed by atoms with Gasteiger partial charge >= 0.3 is 5.97 Å². The molecular weight excluding hydrogens is 351 g/mol. The molecule has 0 aliphatic carbocycles. The molecule has 0 unspecified atom stereocenters. The number of carbonyl (C=O) groups excluding carboxylic acids is 1. The van der Waals surface area contributed by atoms with Gasteiger partial charge in [0.05, 0.1) is 14.2 Å². The van der Waals surface area contributed by atoms with Crippen LogP contribution in [0.2, 0.25) is 5.02 Å². The lowest BCUT2D eigenvalue weighted by Gasteiger charge is -2.42. The molecule has 0 saturated carbocycles. The second-order valence-corrected chi connectivity index (χ2v) is 6.54. The molecule has 1 aromatic carbocycles. The van der Waals surface area contributed by atoms with Crippen molar-refractivity contribution in [2.24, 2.45) is 0 Å². The molecule has 0 aromatic heterocycles. The Bertz CT molecular complexity index is 621. The Morgan fingerprint density at radius 2 is 2.04 bits per heavy atom. The highest BCUT2D eigenvalue weighted by Crippen LogP contribution is 2.31. The van der Waals surface area contributed by atoms with E-state index in [2.05, 4.69) is 0 Å². The van der Waals surface area contributed by atoms with E-state index in [9.17, 15) is 14.4 Å². The summed E-state index contributed by atoms with van der Waals surface area (Å²) in [6.07, 6.45) is 0.859. The number of carbonyl (C=O) groups is 1. The number of nitrogens with zero attached hydrogens (tertiary/aromatic N) is 2. The Morgan fingerprint density at radius 3 is 2.60 bits per heavy atom. The average Bonchev–Trinajstić information content (AvgIpc) is 2.63. The number of hydrogen-bond acceptors (Lipinski definition) is 6. The first-order valence-electron chi connectivity index (χ1n) is 8.13. The van der Waals surface area contributed by atoms with Gasteiger partial charge in [0.2, 0.25) is 0 Å². The maximum atomic E-state index is 14.0. The highest BCUT2D eigenvalue weighted by Gasteiger charge is 2.47. The Morgan fingerprint density at radius 1 is 1.40 bits per heavy atom. The molecule has 1 aliphatic heterocycles. The standard InChI is InChI=1S/C17H24ClFN2O4/c1-12-4-5-14(19)13(15(12)18)6-9-21(23)17(16(22)24-2)7-10-20(25-3)11-8-17/h4-5,23H,6-11H2,1-3H3. The van der Waals surface area contributed by atoms with Crippen molar-refractivity contribution in [1.29, 1.82) is 0 Å². The molecule has 0 bridgehead atoms. The molecule has 140 valence electrons. The minimum Gasteiger partial charge on any atom is -0.468 e. The van der Waals surface area contributed by atoms with Crippen LogP contribution in [0.1, 0.15) is 24.0 Å². The first-order chi connectivity index (χ1) is 11.9. The number of piperidine rings is 1. The van der Waals surface area contributed by atoms with Crippen LogP contribution in [0, 0.1) is 12.7 Å². The Labute approximate surface area is 152 Å². The molecular formula is C17H24ClFN2O4. The number of rotatable bonds is 6. The molecule has 1 fully saturated rings. The van der Waals surface area contributed by atoms with Crippen LogP contribution in [0.5, 0.6) is 0 Å². The van der Waals surface area contributed by atoms with Gasteiger partial charge in [-0.3, -0.25) is 0 Å². The number of aryl methyl sites for hydroxylation is 1. The third-order valence-corrected chi connectivity index (χ3v) is 5.35. The lowest BCUT2D eigenvalue weighted by molar-refractivity contribution is -0.229. The predicted molar refractivity (Wildman–Crippen MR) is 90.9 cm³/mol. The maximum Gasteiger partial charge on any atom is 0.328 e. The Hall–Kier alpha value is -1.25. The Balaban J connectivity index is 2.15. The maximum absolute atomic E-state index is 14.0. The molecule has 8 heteroatoms. The number of esters is 1. The normalized spacial score (nSPS) is 17.7. The fourth-order valence-electron chi connectivity index (χ4n) is 3.17. The molecule has 0 spiro atoms. The molecule has 1 aromatic rings. The van der Waals surface area contributed by atoms with Crippen LogP contribution in [-0.4, -0.2) is 60.7 Å². The molecule has 0 radical (unpaired) electrons. The highest BCUT2D eigenvalue weighted by molar-refractivity contribution is 6.32. The monoisotopic (exact) mass is 374 g/mol. The highest BCUT2D eigenvalue weighted by atomic mass is 35.5. The molecule has 1 N–H and O–H groups in total. The zero-order valence-electron chi connectivity index (χ0n) is 14.7. The van der Waals surface area contributed by atoms with Crippen molar-refractivity contribution in [2.45, 2.75) is 31.7 Å². The van der Waals surface area contributed by atoms with Crippen LogP contribution in [0.3, 0.4) is 0 Å². The van der Waals surface area contributed by atoms with Crippen molar-refractivity contribution in [2.75, 3.05) is 33.9 Å². The summed E-state index contributed by atoms with van der Waals surface area (Å²) in [5.74, 6) is -0.938. The van der Waals surface area contributed by atoms with Gasteiger partial charge in [-0.1, -0.05) is 17.7 Å². The first-order valence-corrected chi connectivity index (χ1v) is 8.51. The quantitative estimate of drug-likeness (QED) is 0.610. The summed E-state index contributed by atoms with van der Waals surface area (Å²) < 4.78 is 18.9. The van der Waals surface area contributed by atoms with Gasteiger partial charge < -0.3 is 14.8 Å². The van der Waals surface area contributed by atoms with E-state index in [0.717, 1.165) is 10.6 Å². The summed E-state index contributed by atoms with van der Waals surface area (Å²) >= 11 is 6.18. The number of ether oxygens (including phenoxy) is 1. The fraction of sp³-hybridized carbons (Fsp3) is 0.588. The molecule has 25 heavy (non-hydrogen) atoms. The summed E-state index contributed by atoms with van der Waals surface area (Å²) in [4.78, 5) is 17.5. The number of halogens is 2. The zero-order valence-corrected chi connectivity index (χ0v) is 15.5. The van der Waals surface area contributed by atoms with Crippen molar-refractivity contribution < 1.29 is 24.0 Å². The summed E-state index contributed by atoms with van der Waals surface area (Å²) in [7, 11) is 2.85. The van der Waals surface area contributed by atoms with Crippen molar-refractivity contribution >= 4 is 17.6 Å². The van der Waals surface area contributed by atoms with E-state index in [1.807, 2.05) is 0 Å². The van der Waals surface area contributed by atoms with Crippen LogP contribution >= 0.6 is 11.6 Å². The van der Waals surface area contributed by atoms with E-state index < -0.39 is 17.3 Å². The number of hydroxylamine groups is 4. The van der Waals surface area contributed by atoms with Crippen molar-refractivity contribution in [1.82, 2.24) is 10.1 Å². The summed E-state index contributed by atoms with van der Waals surface area (Å²) in [5.41, 5.74) is -0.0787. The van der Waals surface area contributed by atoms with Crippen LogP contribution < -0.4 is 0 Å². The minimum atomic E-state index is -1.17. The lowest BCUT2D eigenvalue weighted by atomic mass is 9.87. The van der Waals surface area contributed by atoms with Gasteiger partial charge in [0, 0.05) is 30.2 Å². The van der Waals surface area contributed by atoms with Crippen molar-refractivity contribution in [3.8, 4) is 0 Å². The largest absolute Gasteiger partial charge is 0.468 e. The smallest absolute Gasteiger partial charge is 0.328 e. The van der Waals surface area contributed by atoms with Crippen molar-refractivity contribution in [3.63, 3.8) is 0 Å². The van der Waals surface area contributed by atoms with Crippen LogP contribution in [0.25, 0.3) is 0 Å². The van der Waals surface area contributed by atoms with Gasteiger partial charge in [-0.2, -0.15) is 10.1 Å². The van der Waals surface area contributed by atoms with Gasteiger partial charge in [0.1, 0.15) is 11.4 Å².